The van der Waals surface area contributed by atoms with E-state index in [9.17, 15) is 14.4 Å². The molecule has 0 saturated carbocycles. The first-order chi connectivity index (χ1) is 7.56. The molecule has 16 heavy (non-hydrogen) atoms. The Labute approximate surface area is 93.7 Å². The van der Waals surface area contributed by atoms with Crippen molar-refractivity contribution in [2.24, 2.45) is 0 Å². The first-order valence-corrected chi connectivity index (χ1v) is 5.14. The van der Waals surface area contributed by atoms with E-state index in [0.717, 1.165) is 11.3 Å². The lowest BCUT2D eigenvalue weighted by Gasteiger charge is -2.24. The van der Waals surface area contributed by atoms with Crippen molar-refractivity contribution in [2.45, 2.75) is 0 Å². The van der Waals surface area contributed by atoms with Crippen LogP contribution in [-0.4, -0.2) is 41.0 Å². The highest BCUT2D eigenvalue weighted by Gasteiger charge is 2.25. The zero-order valence-electron chi connectivity index (χ0n) is 7.97. The Morgan fingerprint density at radius 3 is 2.56 bits per heavy atom. The van der Waals surface area contributed by atoms with Crippen molar-refractivity contribution in [1.82, 2.24) is 10.3 Å². The maximum atomic E-state index is 11.1. The number of hydrogen-bond acceptors (Lipinski definition) is 6. The molecule has 7 nitrogen and oxygen atoms in total. The second kappa shape index (κ2) is 3.89. The van der Waals surface area contributed by atoms with E-state index in [1.54, 1.807) is 0 Å². The van der Waals surface area contributed by atoms with E-state index in [0.29, 0.717) is 5.13 Å². The normalized spacial score (nSPS) is 16.1. The topological polar surface area (TPSA) is 99.6 Å². The molecule has 0 bridgehead atoms. The smallest absolute Gasteiger partial charge is 0.347 e. The summed E-state index contributed by atoms with van der Waals surface area (Å²) in [7, 11) is 0. The lowest BCUT2D eigenvalue weighted by atomic mass is 10.4. The van der Waals surface area contributed by atoms with Crippen molar-refractivity contribution >= 4 is 34.3 Å². The maximum Gasteiger partial charge on any atom is 0.347 e. The number of carbonyl (C=O) groups is 3. The molecule has 0 radical (unpaired) electrons. The van der Waals surface area contributed by atoms with Gasteiger partial charge in [0.2, 0.25) is 11.8 Å². The highest BCUT2D eigenvalue weighted by atomic mass is 32.1. The second-order valence-corrected chi connectivity index (χ2v) is 4.15. The summed E-state index contributed by atoms with van der Waals surface area (Å²) in [5, 5.41) is 11.2. The van der Waals surface area contributed by atoms with Gasteiger partial charge >= 0.3 is 5.97 Å². The van der Waals surface area contributed by atoms with Crippen LogP contribution in [0.4, 0.5) is 5.13 Å². The molecule has 8 heteroatoms. The monoisotopic (exact) mass is 241 g/mol. The molecule has 0 aromatic carbocycles. The Kier molecular flexibility index (Phi) is 2.57. The molecule has 1 aliphatic heterocycles. The van der Waals surface area contributed by atoms with Gasteiger partial charge in [0.15, 0.2) is 5.13 Å². The quantitative estimate of drug-likeness (QED) is 0.664. The van der Waals surface area contributed by atoms with Crippen LogP contribution < -0.4 is 10.2 Å². The van der Waals surface area contributed by atoms with Crippen molar-refractivity contribution < 1.29 is 19.5 Å². The minimum absolute atomic E-state index is 0.0122. The second-order valence-electron chi connectivity index (χ2n) is 3.14. The van der Waals surface area contributed by atoms with Crippen molar-refractivity contribution in [3.63, 3.8) is 0 Å². The molecule has 2 amide bonds. The third-order valence-corrected chi connectivity index (χ3v) is 2.97. The molecule has 1 aromatic rings. The SMILES string of the molecule is O=C1CN(c2ncc(C(=O)O)s2)CC(=O)N1. The molecule has 0 spiro atoms. The Balaban J connectivity index is 2.19. The van der Waals surface area contributed by atoms with Gasteiger partial charge in [-0.05, 0) is 0 Å². The summed E-state index contributed by atoms with van der Waals surface area (Å²) in [5.41, 5.74) is 0. The maximum absolute atomic E-state index is 11.1. The molecule has 1 fully saturated rings. The fraction of sp³-hybridized carbons (Fsp3) is 0.250. The molecule has 0 atom stereocenters. The first-order valence-electron chi connectivity index (χ1n) is 4.33. The van der Waals surface area contributed by atoms with Gasteiger partial charge in [-0.2, -0.15) is 0 Å². The van der Waals surface area contributed by atoms with Gasteiger partial charge in [0.25, 0.3) is 0 Å². The number of aromatic carboxylic acids is 1. The van der Waals surface area contributed by atoms with E-state index in [2.05, 4.69) is 10.3 Å². The van der Waals surface area contributed by atoms with E-state index in [1.807, 2.05) is 0 Å². The number of carboxylic acid groups (broad SMARTS) is 1. The standard InChI is InChI=1S/C8H7N3O4S/c12-5-2-11(3-6(13)10-5)8-9-1-4(16-8)7(14)15/h1H,2-3H2,(H,14,15)(H,10,12,13). The molecule has 0 unspecified atom stereocenters. The predicted octanol–water partition coefficient (Wildman–Crippen LogP) is -0.696. The predicted molar refractivity (Wildman–Crippen MR) is 54.4 cm³/mol. The van der Waals surface area contributed by atoms with Crippen LogP contribution in [-0.2, 0) is 9.59 Å². The molecule has 84 valence electrons. The van der Waals surface area contributed by atoms with Crippen molar-refractivity contribution in [3.05, 3.63) is 11.1 Å². The largest absolute Gasteiger partial charge is 0.477 e. The number of anilines is 1. The highest BCUT2D eigenvalue weighted by molar-refractivity contribution is 7.17. The summed E-state index contributed by atoms with van der Waals surface area (Å²) < 4.78 is 0. The van der Waals surface area contributed by atoms with E-state index < -0.39 is 17.8 Å². The summed E-state index contributed by atoms with van der Waals surface area (Å²) in [6.07, 6.45) is 1.21. The first kappa shape index (κ1) is 10.6. The average Bonchev–Trinajstić information content (AvgIpc) is 2.64. The Morgan fingerprint density at radius 2 is 2.06 bits per heavy atom. The third-order valence-electron chi connectivity index (χ3n) is 1.92. The Morgan fingerprint density at radius 1 is 1.44 bits per heavy atom. The number of amides is 2. The summed E-state index contributed by atoms with van der Waals surface area (Å²) in [5.74, 6) is -1.90. The lowest BCUT2D eigenvalue weighted by molar-refractivity contribution is -0.130. The number of thiazole rings is 1. The molecule has 1 aliphatic rings. The molecule has 2 rings (SSSR count). The Hall–Kier alpha value is -1.96. The summed E-state index contributed by atoms with van der Waals surface area (Å²) in [6.45, 7) is 0.0244. The molecule has 2 N–H and O–H groups in total. The highest BCUT2D eigenvalue weighted by Crippen LogP contribution is 2.22. The molecular weight excluding hydrogens is 234 g/mol. The number of carbonyl (C=O) groups excluding carboxylic acids is 2. The van der Waals surface area contributed by atoms with Gasteiger partial charge < -0.3 is 10.0 Å². The van der Waals surface area contributed by atoms with Crippen LogP contribution in [0.1, 0.15) is 9.67 Å². The van der Waals surface area contributed by atoms with Gasteiger partial charge in [0.1, 0.15) is 18.0 Å². The molecule has 1 saturated heterocycles. The van der Waals surface area contributed by atoms with Crippen LogP contribution in [0.25, 0.3) is 0 Å². The molecular formula is C8H7N3O4S. The fourth-order valence-electron chi connectivity index (χ4n) is 1.28. The van der Waals surface area contributed by atoms with Gasteiger partial charge in [-0.15, -0.1) is 0 Å². The number of carboxylic acids is 1. The average molecular weight is 241 g/mol. The summed E-state index contributed by atoms with van der Waals surface area (Å²) in [6, 6.07) is 0. The minimum Gasteiger partial charge on any atom is -0.477 e. The summed E-state index contributed by atoms with van der Waals surface area (Å²) in [4.78, 5) is 38.2. The number of nitrogens with one attached hydrogen (secondary N) is 1. The number of piperazine rings is 1. The van der Waals surface area contributed by atoms with Crippen LogP contribution in [0.15, 0.2) is 6.20 Å². The molecule has 2 heterocycles. The van der Waals surface area contributed by atoms with Gasteiger partial charge in [-0.1, -0.05) is 11.3 Å². The van der Waals surface area contributed by atoms with Gasteiger partial charge in [-0.3, -0.25) is 14.9 Å². The Bertz CT molecular complexity index is 454. The van der Waals surface area contributed by atoms with E-state index >= 15 is 0 Å². The van der Waals surface area contributed by atoms with E-state index in [1.165, 1.54) is 11.1 Å². The number of rotatable bonds is 2. The molecule has 1 aromatic heterocycles. The lowest BCUT2D eigenvalue weighted by Crippen LogP contribution is -2.51. The van der Waals surface area contributed by atoms with Crippen LogP contribution in [0.5, 0.6) is 0 Å². The molecule has 0 aliphatic carbocycles. The zero-order chi connectivity index (χ0) is 11.7. The summed E-state index contributed by atoms with van der Waals surface area (Å²) >= 11 is 0.935. The fourth-order valence-corrected chi connectivity index (χ4v) is 2.04. The van der Waals surface area contributed by atoms with Crippen molar-refractivity contribution in [1.29, 1.82) is 0 Å². The number of nitrogens with zero attached hydrogens (tertiary/aromatic N) is 2. The van der Waals surface area contributed by atoms with Crippen LogP contribution in [0.2, 0.25) is 0 Å². The van der Waals surface area contributed by atoms with Gasteiger partial charge in [0.05, 0.1) is 6.20 Å². The van der Waals surface area contributed by atoms with Gasteiger partial charge in [0, 0.05) is 0 Å². The number of imide groups is 1. The van der Waals surface area contributed by atoms with Crippen LogP contribution in [0.3, 0.4) is 0 Å². The zero-order valence-corrected chi connectivity index (χ0v) is 8.78. The van der Waals surface area contributed by atoms with Crippen LogP contribution in [0, 0.1) is 0 Å². The number of aromatic nitrogens is 1. The van der Waals surface area contributed by atoms with Crippen LogP contribution >= 0.6 is 11.3 Å². The van der Waals surface area contributed by atoms with E-state index in [-0.39, 0.29) is 18.0 Å². The minimum atomic E-state index is -1.07. The van der Waals surface area contributed by atoms with E-state index in [4.69, 9.17) is 5.11 Å². The number of hydrogen-bond donors (Lipinski definition) is 2. The van der Waals surface area contributed by atoms with Crippen molar-refractivity contribution in [2.75, 3.05) is 18.0 Å². The third kappa shape index (κ3) is 2.01. The van der Waals surface area contributed by atoms with Crippen molar-refractivity contribution in [3.8, 4) is 0 Å². The van der Waals surface area contributed by atoms with Gasteiger partial charge in [-0.25, -0.2) is 9.78 Å².